The van der Waals surface area contributed by atoms with Crippen molar-refractivity contribution in [1.82, 2.24) is 19.4 Å². The molecule has 1 amide bonds. The molecule has 0 saturated carbocycles. The summed E-state index contributed by atoms with van der Waals surface area (Å²) in [6, 6.07) is 18.7. The monoisotopic (exact) mass is 522 g/mol. The van der Waals surface area contributed by atoms with Crippen LogP contribution < -0.4 is 16.6 Å². The molecule has 0 aliphatic carbocycles. The average Bonchev–Trinajstić information content (AvgIpc) is 3.31. The Morgan fingerprint density at radius 1 is 1.11 bits per heavy atom. The maximum atomic E-state index is 13.3. The summed E-state index contributed by atoms with van der Waals surface area (Å²) in [5.74, 6) is 0.244. The number of rotatable bonds is 5. The van der Waals surface area contributed by atoms with Gasteiger partial charge in [-0.05, 0) is 71.6 Å². The first-order valence-electron chi connectivity index (χ1n) is 12.4. The first-order chi connectivity index (χ1) is 18.4. The summed E-state index contributed by atoms with van der Waals surface area (Å²) in [6.07, 6.45) is 4.36. The molecule has 5 aromatic rings. The number of fused-ring (bicyclic) bond motifs is 2. The van der Waals surface area contributed by atoms with E-state index in [1.807, 2.05) is 54.6 Å². The van der Waals surface area contributed by atoms with Crippen LogP contribution in [0.3, 0.4) is 0 Å². The number of pyridine rings is 2. The van der Waals surface area contributed by atoms with E-state index in [0.717, 1.165) is 47.3 Å². The third-order valence-corrected chi connectivity index (χ3v) is 7.77. The van der Waals surface area contributed by atoms with Crippen LogP contribution in [0, 0.1) is 0 Å². The van der Waals surface area contributed by atoms with Crippen molar-refractivity contribution < 1.29 is 4.79 Å². The lowest BCUT2D eigenvalue weighted by molar-refractivity contribution is 0.102. The van der Waals surface area contributed by atoms with E-state index in [1.54, 1.807) is 23.0 Å². The van der Waals surface area contributed by atoms with Gasteiger partial charge in [0.2, 0.25) is 0 Å². The minimum Gasteiger partial charge on any atom is -0.384 e. The molecular formula is C29H26N6O2S. The highest BCUT2D eigenvalue weighted by Gasteiger charge is 2.19. The topological polar surface area (TPSA) is 106 Å². The van der Waals surface area contributed by atoms with Gasteiger partial charge in [-0.15, -0.1) is 11.3 Å². The smallest absolute Gasteiger partial charge is 0.258 e. The molecule has 1 aliphatic heterocycles. The zero-order chi connectivity index (χ0) is 26.2. The molecule has 3 aromatic heterocycles. The van der Waals surface area contributed by atoms with Gasteiger partial charge in [0.25, 0.3) is 11.5 Å². The number of nitrogens with zero attached hydrogens (tertiary/aromatic N) is 4. The van der Waals surface area contributed by atoms with Gasteiger partial charge >= 0.3 is 0 Å². The SMILES string of the molecule is CN1CCc2nc(NC(=O)c3cccc(Cn4ccc5cc(-c6ccnc(N)c6)ccc5c4=O)c3)sc2C1. The molecule has 4 heterocycles. The molecule has 0 atom stereocenters. The standard InChI is InChI=1S/C29H26N6O2S/c1-34-11-9-24-25(17-34)38-29(32-24)33-27(36)22-4-2-3-18(13-22)16-35-12-8-21-14-19(5-6-23(21)28(35)37)20-7-10-31-26(30)15-20/h2-8,10,12-15H,9,11,16-17H2,1H3,(H2,30,31)(H,32,33,36). The third kappa shape index (κ3) is 4.81. The Morgan fingerprint density at radius 2 is 1.97 bits per heavy atom. The number of carbonyl (C=O) groups is 1. The molecule has 0 spiro atoms. The van der Waals surface area contributed by atoms with Crippen molar-refractivity contribution in [3.05, 3.63) is 105 Å². The molecule has 2 aromatic carbocycles. The van der Waals surface area contributed by atoms with Crippen LogP contribution >= 0.6 is 11.3 Å². The highest BCUT2D eigenvalue weighted by Crippen LogP contribution is 2.28. The molecule has 0 radical (unpaired) electrons. The molecule has 3 N–H and O–H groups in total. The molecule has 1 aliphatic rings. The van der Waals surface area contributed by atoms with Gasteiger partial charge in [0.05, 0.1) is 12.2 Å². The summed E-state index contributed by atoms with van der Waals surface area (Å²) in [5, 5.41) is 5.06. The van der Waals surface area contributed by atoms with Gasteiger partial charge in [-0.2, -0.15) is 0 Å². The fourth-order valence-corrected chi connectivity index (χ4v) is 5.86. The minimum absolute atomic E-state index is 0.0866. The molecular weight excluding hydrogens is 496 g/mol. The summed E-state index contributed by atoms with van der Waals surface area (Å²) < 4.78 is 1.66. The van der Waals surface area contributed by atoms with Crippen molar-refractivity contribution >= 4 is 39.0 Å². The molecule has 9 heteroatoms. The predicted octanol–water partition coefficient (Wildman–Crippen LogP) is 4.39. The van der Waals surface area contributed by atoms with Crippen molar-refractivity contribution in [3.63, 3.8) is 0 Å². The van der Waals surface area contributed by atoms with Crippen LogP contribution in [0.15, 0.2) is 77.9 Å². The first-order valence-corrected chi connectivity index (χ1v) is 13.2. The van der Waals surface area contributed by atoms with Crippen LogP contribution in [0.2, 0.25) is 0 Å². The number of hydrogen-bond donors (Lipinski definition) is 2. The maximum absolute atomic E-state index is 13.3. The molecule has 8 nitrogen and oxygen atoms in total. The lowest BCUT2D eigenvalue weighted by Crippen LogP contribution is -2.25. The van der Waals surface area contributed by atoms with E-state index in [-0.39, 0.29) is 11.5 Å². The number of nitrogen functional groups attached to an aromatic ring is 1. The Balaban J connectivity index is 1.21. The van der Waals surface area contributed by atoms with Gasteiger partial charge in [0.15, 0.2) is 5.13 Å². The highest BCUT2D eigenvalue weighted by molar-refractivity contribution is 7.15. The second-order valence-electron chi connectivity index (χ2n) is 9.55. The zero-order valence-corrected chi connectivity index (χ0v) is 21.7. The van der Waals surface area contributed by atoms with Crippen LogP contribution in [0.5, 0.6) is 0 Å². The summed E-state index contributed by atoms with van der Waals surface area (Å²) >= 11 is 1.53. The normalized spacial score (nSPS) is 13.4. The third-order valence-electron chi connectivity index (χ3n) is 6.78. The van der Waals surface area contributed by atoms with E-state index < -0.39 is 0 Å². The fraction of sp³-hybridized carbons (Fsp3) is 0.172. The molecule has 38 heavy (non-hydrogen) atoms. The van der Waals surface area contributed by atoms with E-state index in [2.05, 4.69) is 27.2 Å². The Bertz CT molecular complexity index is 1740. The highest BCUT2D eigenvalue weighted by atomic mass is 32.1. The van der Waals surface area contributed by atoms with Crippen molar-refractivity contribution in [2.75, 3.05) is 24.6 Å². The van der Waals surface area contributed by atoms with Gasteiger partial charge < -0.3 is 15.2 Å². The van der Waals surface area contributed by atoms with Crippen LogP contribution in [0.4, 0.5) is 10.9 Å². The summed E-state index contributed by atoms with van der Waals surface area (Å²) in [4.78, 5) is 38.3. The van der Waals surface area contributed by atoms with E-state index in [1.165, 1.54) is 16.2 Å². The average molecular weight is 523 g/mol. The number of hydrogen-bond acceptors (Lipinski definition) is 7. The molecule has 190 valence electrons. The molecule has 0 saturated heterocycles. The van der Waals surface area contributed by atoms with E-state index in [4.69, 9.17) is 5.73 Å². The maximum Gasteiger partial charge on any atom is 0.258 e. The fourth-order valence-electron chi connectivity index (χ4n) is 4.77. The molecule has 0 bridgehead atoms. The van der Waals surface area contributed by atoms with Crippen LogP contribution in [0.1, 0.15) is 26.5 Å². The lowest BCUT2D eigenvalue weighted by atomic mass is 10.0. The van der Waals surface area contributed by atoms with E-state index in [0.29, 0.717) is 28.4 Å². The van der Waals surface area contributed by atoms with Gasteiger partial charge in [-0.25, -0.2) is 9.97 Å². The molecule has 6 rings (SSSR count). The zero-order valence-electron chi connectivity index (χ0n) is 20.8. The van der Waals surface area contributed by atoms with Gasteiger partial charge in [-0.1, -0.05) is 18.2 Å². The van der Waals surface area contributed by atoms with Gasteiger partial charge in [0.1, 0.15) is 5.82 Å². The van der Waals surface area contributed by atoms with Crippen LogP contribution in [-0.4, -0.2) is 38.9 Å². The van der Waals surface area contributed by atoms with Crippen LogP contribution in [0.25, 0.3) is 21.9 Å². The minimum atomic E-state index is -0.207. The first kappa shape index (κ1) is 24.0. The summed E-state index contributed by atoms with van der Waals surface area (Å²) in [5.41, 5.74) is 10.1. The number of benzene rings is 2. The van der Waals surface area contributed by atoms with Gasteiger partial charge in [0, 0.05) is 47.7 Å². The quantitative estimate of drug-likeness (QED) is 0.355. The van der Waals surface area contributed by atoms with E-state index >= 15 is 0 Å². The lowest BCUT2D eigenvalue weighted by Gasteiger charge is -2.20. The number of nitrogens with one attached hydrogen (secondary N) is 1. The largest absolute Gasteiger partial charge is 0.384 e. The number of amides is 1. The number of likely N-dealkylation sites (N-methyl/N-ethyl adjacent to an activating group) is 1. The van der Waals surface area contributed by atoms with Crippen molar-refractivity contribution in [1.29, 1.82) is 0 Å². The van der Waals surface area contributed by atoms with Gasteiger partial charge in [-0.3, -0.25) is 14.9 Å². The number of carbonyl (C=O) groups excluding carboxylic acids is 1. The Kier molecular flexibility index (Phi) is 6.22. The number of nitrogens with two attached hydrogens (primary N) is 1. The van der Waals surface area contributed by atoms with Crippen molar-refractivity contribution in [2.24, 2.45) is 0 Å². The number of thiazole rings is 1. The molecule has 0 fully saturated rings. The van der Waals surface area contributed by atoms with Crippen LogP contribution in [-0.2, 0) is 19.5 Å². The van der Waals surface area contributed by atoms with E-state index in [9.17, 15) is 9.59 Å². The number of aromatic nitrogens is 3. The Morgan fingerprint density at radius 3 is 2.84 bits per heavy atom. The summed E-state index contributed by atoms with van der Waals surface area (Å²) in [6.45, 7) is 2.19. The van der Waals surface area contributed by atoms with Crippen molar-refractivity contribution in [2.45, 2.75) is 19.5 Å². The Hall–Kier alpha value is -4.34. The second-order valence-corrected chi connectivity index (χ2v) is 10.6. The molecule has 0 unspecified atom stereocenters. The van der Waals surface area contributed by atoms with Crippen molar-refractivity contribution in [3.8, 4) is 11.1 Å². The Labute approximate surface area is 223 Å². The second kappa shape index (κ2) is 9.85. The number of anilines is 2. The predicted molar refractivity (Wildman–Crippen MR) is 152 cm³/mol. The summed E-state index contributed by atoms with van der Waals surface area (Å²) in [7, 11) is 2.09.